The van der Waals surface area contributed by atoms with Gasteiger partial charge in [-0.3, -0.25) is 0 Å². The Morgan fingerprint density at radius 1 is 1.05 bits per heavy atom. The van der Waals surface area contributed by atoms with Gasteiger partial charge in [-0.1, -0.05) is 46.4 Å². The fourth-order valence-corrected chi connectivity index (χ4v) is 4.77. The lowest BCUT2D eigenvalue weighted by molar-refractivity contribution is 0.891. The number of hydrogen-bond donors (Lipinski definition) is 1. The van der Waals surface area contributed by atoms with Gasteiger partial charge in [-0.05, 0) is 19.1 Å². The van der Waals surface area contributed by atoms with Crippen LogP contribution in [-0.4, -0.2) is 0 Å². The molecule has 110 valence electrons. The van der Waals surface area contributed by atoms with Crippen LogP contribution in [0, 0.1) is 0 Å². The Bertz CT molecular complexity index is 796. The predicted octanol–water partition coefficient (Wildman–Crippen LogP) is 7.26. The second-order valence-electron chi connectivity index (χ2n) is 4.32. The predicted molar refractivity (Wildman–Crippen MR) is 94.4 cm³/mol. The normalized spacial score (nSPS) is 14.0. The van der Waals surface area contributed by atoms with Crippen molar-refractivity contribution in [3.8, 4) is 0 Å². The molecule has 0 fully saturated rings. The molecule has 3 nitrogen and oxygen atoms in total. The van der Waals surface area contributed by atoms with Gasteiger partial charge in [0.05, 0.1) is 41.8 Å². The molecule has 9 heteroatoms. The molecule has 0 saturated heterocycles. The third-order valence-electron chi connectivity index (χ3n) is 2.95. The van der Waals surface area contributed by atoms with Crippen LogP contribution in [0.15, 0.2) is 20.9 Å². The summed E-state index contributed by atoms with van der Waals surface area (Å²) in [4.78, 5) is 0. The molecule has 1 unspecified atom stereocenters. The number of thiophene rings is 1. The monoisotopic (exact) mass is 397 g/mol. The molecular formula is C12H7Cl4N3S2. The number of halogens is 4. The van der Waals surface area contributed by atoms with Crippen molar-refractivity contribution in [2.45, 2.75) is 13.0 Å². The lowest BCUT2D eigenvalue weighted by Crippen LogP contribution is -2.06. The molecule has 1 atom stereocenters. The minimum Gasteiger partial charge on any atom is -0.375 e. The van der Waals surface area contributed by atoms with Crippen molar-refractivity contribution in [1.29, 1.82) is 0 Å². The minimum absolute atomic E-state index is 0.0789. The van der Waals surface area contributed by atoms with Crippen LogP contribution in [-0.2, 0) is 11.4 Å². The summed E-state index contributed by atoms with van der Waals surface area (Å²) in [5.74, 6) is 0. The molecule has 0 aliphatic carbocycles. The number of fused-ring (bicyclic) bond motifs is 1. The second kappa shape index (κ2) is 6.07. The molecule has 0 amide bonds. The fraction of sp³-hybridized carbons (Fsp3) is 0.167. The van der Waals surface area contributed by atoms with E-state index in [1.165, 1.54) is 11.3 Å². The molecule has 2 aromatic rings. The third-order valence-corrected chi connectivity index (χ3v) is 5.59. The number of nitrogens with zero attached hydrogens (tertiary/aromatic N) is 2. The van der Waals surface area contributed by atoms with Gasteiger partial charge in [0, 0.05) is 5.56 Å². The summed E-state index contributed by atoms with van der Waals surface area (Å²) < 4.78 is 9.73. The van der Waals surface area contributed by atoms with Gasteiger partial charge in [0.1, 0.15) is 11.4 Å². The average Bonchev–Trinajstić information content (AvgIpc) is 3.01. The van der Waals surface area contributed by atoms with Crippen LogP contribution in [0.4, 0.5) is 17.1 Å². The summed E-state index contributed by atoms with van der Waals surface area (Å²) in [6, 6.07) is 3.42. The van der Waals surface area contributed by atoms with E-state index in [0.29, 0.717) is 35.8 Å². The quantitative estimate of drug-likeness (QED) is 0.494. The van der Waals surface area contributed by atoms with E-state index in [1.807, 2.05) is 13.0 Å². The van der Waals surface area contributed by atoms with E-state index in [-0.39, 0.29) is 6.04 Å². The Morgan fingerprint density at radius 3 is 2.43 bits per heavy atom. The summed E-state index contributed by atoms with van der Waals surface area (Å²) in [6.45, 7) is 1.97. The molecule has 1 aliphatic rings. The second-order valence-corrected chi connectivity index (χ2v) is 7.95. The van der Waals surface area contributed by atoms with Crippen LogP contribution >= 0.6 is 57.7 Å². The van der Waals surface area contributed by atoms with Crippen LogP contribution in [0.25, 0.3) is 0 Å². The molecular weight excluding hydrogens is 392 g/mol. The lowest BCUT2D eigenvalue weighted by atomic mass is 10.1. The molecule has 0 saturated carbocycles. The summed E-state index contributed by atoms with van der Waals surface area (Å²) in [6.07, 6.45) is 0. The molecule has 3 rings (SSSR count). The first-order valence-corrected chi connectivity index (χ1v) is 8.84. The number of rotatable bonds is 3. The number of nitrogens with one attached hydrogen (secondary N) is 1. The van der Waals surface area contributed by atoms with Crippen LogP contribution in [0.3, 0.4) is 0 Å². The van der Waals surface area contributed by atoms with Crippen molar-refractivity contribution in [1.82, 2.24) is 0 Å². The van der Waals surface area contributed by atoms with Gasteiger partial charge in [-0.2, -0.15) is 8.73 Å². The summed E-state index contributed by atoms with van der Waals surface area (Å²) in [5.41, 5.74) is 2.89. The molecule has 0 spiro atoms. The maximum Gasteiger partial charge on any atom is 0.130 e. The number of hydrogen-bond acceptors (Lipinski definition) is 4. The summed E-state index contributed by atoms with van der Waals surface area (Å²) in [7, 11) is 0. The van der Waals surface area contributed by atoms with Gasteiger partial charge in [0.2, 0.25) is 0 Å². The third kappa shape index (κ3) is 2.96. The van der Waals surface area contributed by atoms with E-state index in [0.717, 1.165) is 16.9 Å². The Morgan fingerprint density at radius 2 is 1.76 bits per heavy atom. The van der Waals surface area contributed by atoms with E-state index in [9.17, 15) is 0 Å². The highest BCUT2D eigenvalue weighted by molar-refractivity contribution is 7.58. The maximum absolute atomic E-state index is 6.28. The maximum atomic E-state index is 6.28. The van der Waals surface area contributed by atoms with Crippen molar-refractivity contribution >= 4 is 86.2 Å². The first-order chi connectivity index (χ1) is 9.97. The van der Waals surface area contributed by atoms with Crippen molar-refractivity contribution in [3.05, 3.63) is 36.4 Å². The molecule has 1 aromatic carbocycles. The number of anilines is 1. The standard InChI is InChI=1S/C12H7Cl4N3S2/c1-4(5-2-8(15)20-12(5)16)17-9-6(13)3-7(14)10-11(9)19-21-18-10/h2-4,17H,1H3. The van der Waals surface area contributed by atoms with Gasteiger partial charge in [-0.15, -0.1) is 11.3 Å². The zero-order chi connectivity index (χ0) is 15.1. The van der Waals surface area contributed by atoms with Crippen molar-refractivity contribution in [3.63, 3.8) is 0 Å². The van der Waals surface area contributed by atoms with Gasteiger partial charge in [-0.25, -0.2) is 0 Å². The molecule has 1 aromatic heterocycles. The van der Waals surface area contributed by atoms with E-state index >= 15 is 0 Å². The van der Waals surface area contributed by atoms with Crippen LogP contribution in [0.5, 0.6) is 0 Å². The van der Waals surface area contributed by atoms with Crippen LogP contribution in [0.2, 0.25) is 18.7 Å². The zero-order valence-corrected chi connectivity index (χ0v) is 15.1. The SMILES string of the molecule is CC(Nc1c(Cl)cc(Cl)c2c1N=S=N2)c1cc(Cl)sc1Cl. The smallest absolute Gasteiger partial charge is 0.130 e. The summed E-state index contributed by atoms with van der Waals surface area (Å²) in [5, 5.41) is 4.29. The van der Waals surface area contributed by atoms with Crippen molar-refractivity contribution in [2.24, 2.45) is 8.73 Å². The largest absolute Gasteiger partial charge is 0.375 e. The van der Waals surface area contributed by atoms with E-state index in [4.69, 9.17) is 46.4 Å². The molecule has 1 N–H and O–H groups in total. The Balaban J connectivity index is 1.98. The molecule has 0 radical (unpaired) electrons. The van der Waals surface area contributed by atoms with Crippen LogP contribution < -0.4 is 5.32 Å². The zero-order valence-electron chi connectivity index (χ0n) is 10.5. The van der Waals surface area contributed by atoms with E-state index < -0.39 is 0 Å². The number of benzene rings is 1. The van der Waals surface area contributed by atoms with Crippen LogP contribution in [0.1, 0.15) is 18.5 Å². The van der Waals surface area contributed by atoms with Crippen molar-refractivity contribution in [2.75, 3.05) is 5.32 Å². The summed E-state index contributed by atoms with van der Waals surface area (Å²) >= 11 is 27.0. The minimum atomic E-state index is -0.0789. The van der Waals surface area contributed by atoms with E-state index in [2.05, 4.69) is 14.0 Å². The van der Waals surface area contributed by atoms with Gasteiger partial charge >= 0.3 is 0 Å². The van der Waals surface area contributed by atoms with Gasteiger partial charge < -0.3 is 5.32 Å². The fourth-order valence-electron chi connectivity index (χ4n) is 1.95. The Kier molecular flexibility index (Phi) is 4.50. The van der Waals surface area contributed by atoms with Crippen molar-refractivity contribution < 1.29 is 0 Å². The highest BCUT2D eigenvalue weighted by Crippen LogP contribution is 2.49. The highest BCUT2D eigenvalue weighted by atomic mass is 35.5. The first kappa shape index (κ1) is 15.6. The molecule has 2 heterocycles. The van der Waals surface area contributed by atoms with E-state index in [1.54, 1.807) is 6.07 Å². The molecule has 1 aliphatic heterocycles. The average molecular weight is 399 g/mol. The molecule has 0 bridgehead atoms. The molecule has 21 heavy (non-hydrogen) atoms. The van der Waals surface area contributed by atoms with Gasteiger partial charge in [0.25, 0.3) is 0 Å². The first-order valence-electron chi connectivity index (χ1n) is 5.79. The Hall–Kier alpha value is -0.300. The highest BCUT2D eigenvalue weighted by Gasteiger charge is 2.21. The topological polar surface area (TPSA) is 36.8 Å². The van der Waals surface area contributed by atoms with Gasteiger partial charge in [0.15, 0.2) is 0 Å². The lowest BCUT2D eigenvalue weighted by Gasteiger charge is -2.18. The Labute approximate surface area is 149 Å².